The quantitative estimate of drug-likeness (QED) is 0.469. The molecule has 104 valence electrons. The second-order valence-corrected chi connectivity index (χ2v) is 4.37. The van der Waals surface area contributed by atoms with Crippen LogP contribution in [-0.2, 0) is 17.8 Å². The molecule has 0 bridgehead atoms. The van der Waals surface area contributed by atoms with Gasteiger partial charge in [0.2, 0.25) is 0 Å². The number of hydrogen-bond acceptors (Lipinski definition) is 5. The predicted molar refractivity (Wildman–Crippen MR) is 60.9 cm³/mol. The summed E-state index contributed by atoms with van der Waals surface area (Å²) in [5.74, 6) is 0.501. The maximum atomic E-state index is 11.9. The molecular weight excluding hydrogens is 269 g/mol. The highest BCUT2D eigenvalue weighted by atomic mass is 32.2. The third kappa shape index (κ3) is 4.83. The van der Waals surface area contributed by atoms with Gasteiger partial charge in [-0.15, -0.1) is 10.2 Å². The number of nitrogens with two attached hydrogens (primary N) is 1. The van der Waals surface area contributed by atoms with E-state index >= 15 is 0 Å². The number of rotatable bonds is 7. The van der Waals surface area contributed by atoms with Crippen molar-refractivity contribution < 1.29 is 17.9 Å². The van der Waals surface area contributed by atoms with Crippen molar-refractivity contribution in [3.8, 4) is 0 Å². The zero-order chi connectivity index (χ0) is 13.6. The van der Waals surface area contributed by atoms with Crippen LogP contribution in [0.4, 0.5) is 13.2 Å². The van der Waals surface area contributed by atoms with Gasteiger partial charge in [-0.2, -0.15) is 13.2 Å². The van der Waals surface area contributed by atoms with Crippen LogP contribution in [0.3, 0.4) is 0 Å². The molecule has 5 nitrogen and oxygen atoms in total. The van der Waals surface area contributed by atoms with E-state index in [0.717, 1.165) is 18.2 Å². The summed E-state index contributed by atoms with van der Waals surface area (Å²) in [6.45, 7) is 1.65. The van der Waals surface area contributed by atoms with Crippen LogP contribution in [0.15, 0.2) is 5.16 Å². The fourth-order valence-corrected chi connectivity index (χ4v) is 2.00. The summed E-state index contributed by atoms with van der Waals surface area (Å²) in [6, 6.07) is 0. The number of alkyl halides is 3. The van der Waals surface area contributed by atoms with Crippen molar-refractivity contribution >= 4 is 11.8 Å². The predicted octanol–water partition coefficient (Wildman–Crippen LogP) is 1.78. The smallest absolute Gasteiger partial charge is 0.361 e. The molecule has 0 radical (unpaired) electrons. The van der Waals surface area contributed by atoms with Crippen LogP contribution in [0.1, 0.15) is 19.2 Å². The molecule has 0 aliphatic rings. The van der Waals surface area contributed by atoms with Crippen molar-refractivity contribution in [1.29, 1.82) is 0 Å². The maximum absolute atomic E-state index is 11.9. The first kappa shape index (κ1) is 15.3. The van der Waals surface area contributed by atoms with Crippen LogP contribution in [0.25, 0.3) is 0 Å². The molecule has 0 aromatic carbocycles. The fourth-order valence-electron chi connectivity index (χ4n) is 1.28. The molecule has 0 saturated heterocycles. The van der Waals surface area contributed by atoms with Crippen LogP contribution in [0.2, 0.25) is 0 Å². The maximum Gasteiger partial charge on any atom is 0.411 e. The minimum Gasteiger partial charge on any atom is -0.361 e. The normalized spacial score (nSPS) is 12.1. The topological polar surface area (TPSA) is 66.0 Å². The molecule has 0 aliphatic heterocycles. The van der Waals surface area contributed by atoms with Gasteiger partial charge in [0.15, 0.2) is 5.16 Å². The molecule has 0 spiro atoms. The van der Waals surface area contributed by atoms with Crippen molar-refractivity contribution in [2.24, 2.45) is 5.73 Å². The van der Waals surface area contributed by atoms with Gasteiger partial charge >= 0.3 is 6.18 Å². The number of ether oxygens (including phenoxy) is 1. The van der Waals surface area contributed by atoms with Gasteiger partial charge in [-0.3, -0.25) is 0 Å². The molecule has 0 fully saturated rings. The highest BCUT2D eigenvalue weighted by Crippen LogP contribution is 2.20. The number of thioether (sulfide) groups is 1. The SMILES string of the molecule is CCCn1c(CN)nnc1SCOCC(F)(F)F. The van der Waals surface area contributed by atoms with Crippen molar-refractivity contribution in [2.45, 2.75) is 37.8 Å². The van der Waals surface area contributed by atoms with E-state index in [-0.39, 0.29) is 12.5 Å². The molecule has 1 heterocycles. The molecule has 0 atom stereocenters. The van der Waals surface area contributed by atoms with Gasteiger partial charge in [-0.1, -0.05) is 18.7 Å². The van der Waals surface area contributed by atoms with E-state index in [4.69, 9.17) is 5.73 Å². The zero-order valence-electron chi connectivity index (χ0n) is 9.90. The summed E-state index contributed by atoms with van der Waals surface area (Å²) in [4.78, 5) is 0. The molecule has 0 aliphatic carbocycles. The summed E-state index contributed by atoms with van der Waals surface area (Å²) in [7, 11) is 0. The number of aromatic nitrogens is 3. The Balaban J connectivity index is 2.49. The first-order chi connectivity index (χ1) is 8.48. The van der Waals surface area contributed by atoms with Crippen molar-refractivity contribution in [3.63, 3.8) is 0 Å². The molecule has 2 N–H and O–H groups in total. The van der Waals surface area contributed by atoms with E-state index < -0.39 is 12.8 Å². The second kappa shape index (κ2) is 6.95. The summed E-state index contributed by atoms with van der Waals surface area (Å²) in [5.41, 5.74) is 5.49. The first-order valence-electron chi connectivity index (χ1n) is 5.37. The third-order valence-corrected chi connectivity index (χ3v) is 2.81. The largest absolute Gasteiger partial charge is 0.411 e. The van der Waals surface area contributed by atoms with E-state index in [1.807, 2.05) is 6.92 Å². The van der Waals surface area contributed by atoms with Crippen LogP contribution in [0, 0.1) is 0 Å². The molecule has 0 amide bonds. The first-order valence-corrected chi connectivity index (χ1v) is 6.36. The van der Waals surface area contributed by atoms with Gasteiger partial charge in [0.05, 0.1) is 6.54 Å². The number of hydrogen-bond donors (Lipinski definition) is 1. The van der Waals surface area contributed by atoms with Gasteiger partial charge in [-0.25, -0.2) is 0 Å². The van der Waals surface area contributed by atoms with E-state index in [9.17, 15) is 13.2 Å². The average Bonchev–Trinajstić information content (AvgIpc) is 2.66. The van der Waals surface area contributed by atoms with E-state index in [1.165, 1.54) is 0 Å². The van der Waals surface area contributed by atoms with Crippen LogP contribution in [-0.4, -0.2) is 33.5 Å². The number of halogens is 3. The Hall–Kier alpha value is -0.800. The van der Waals surface area contributed by atoms with Crippen molar-refractivity contribution in [3.05, 3.63) is 5.82 Å². The molecule has 9 heteroatoms. The van der Waals surface area contributed by atoms with Gasteiger partial charge in [-0.05, 0) is 6.42 Å². The third-order valence-electron chi connectivity index (χ3n) is 1.96. The van der Waals surface area contributed by atoms with Crippen molar-refractivity contribution in [2.75, 3.05) is 12.5 Å². The van der Waals surface area contributed by atoms with Gasteiger partial charge in [0, 0.05) is 6.54 Å². The average molecular weight is 284 g/mol. The Kier molecular flexibility index (Phi) is 5.89. The lowest BCUT2D eigenvalue weighted by Crippen LogP contribution is -2.16. The van der Waals surface area contributed by atoms with E-state index in [2.05, 4.69) is 14.9 Å². The molecular formula is C9H15F3N4OS. The lowest BCUT2D eigenvalue weighted by molar-refractivity contribution is -0.168. The van der Waals surface area contributed by atoms with Gasteiger partial charge in [0.1, 0.15) is 18.4 Å². The summed E-state index contributed by atoms with van der Waals surface area (Å²) in [6.07, 6.45) is -3.44. The zero-order valence-corrected chi connectivity index (χ0v) is 10.7. The summed E-state index contributed by atoms with van der Waals surface area (Å²) in [5, 5.41) is 8.27. The fraction of sp³-hybridized carbons (Fsp3) is 0.778. The van der Waals surface area contributed by atoms with Crippen molar-refractivity contribution in [1.82, 2.24) is 14.8 Å². The molecule has 0 unspecified atom stereocenters. The Labute approximate surface area is 107 Å². The summed E-state index contributed by atoms with van der Waals surface area (Å²) >= 11 is 1.08. The molecule has 0 saturated carbocycles. The Bertz CT molecular complexity index is 369. The molecule has 18 heavy (non-hydrogen) atoms. The second-order valence-electron chi connectivity index (χ2n) is 3.48. The van der Waals surface area contributed by atoms with E-state index in [1.54, 1.807) is 4.57 Å². The standard InChI is InChI=1S/C9H15F3N4OS/c1-2-3-16-7(4-13)14-15-8(16)18-6-17-5-9(10,11)12/h2-6,13H2,1H3. The van der Waals surface area contributed by atoms with E-state index in [0.29, 0.717) is 17.5 Å². The lowest BCUT2D eigenvalue weighted by atomic mass is 10.4. The van der Waals surface area contributed by atoms with Crippen LogP contribution in [0.5, 0.6) is 0 Å². The van der Waals surface area contributed by atoms with Gasteiger partial charge < -0.3 is 15.0 Å². The Morgan fingerprint density at radius 1 is 1.39 bits per heavy atom. The molecule has 1 aromatic heterocycles. The highest BCUT2D eigenvalue weighted by Gasteiger charge is 2.27. The molecule has 1 rings (SSSR count). The van der Waals surface area contributed by atoms with Crippen LogP contribution < -0.4 is 5.73 Å². The van der Waals surface area contributed by atoms with Crippen LogP contribution >= 0.6 is 11.8 Å². The monoisotopic (exact) mass is 284 g/mol. The minimum atomic E-state index is -4.31. The Morgan fingerprint density at radius 2 is 2.11 bits per heavy atom. The lowest BCUT2D eigenvalue weighted by Gasteiger charge is -2.09. The highest BCUT2D eigenvalue weighted by molar-refractivity contribution is 7.99. The minimum absolute atomic E-state index is 0.119. The summed E-state index contributed by atoms with van der Waals surface area (Å²) < 4.78 is 41.9. The van der Waals surface area contributed by atoms with Gasteiger partial charge in [0.25, 0.3) is 0 Å². The Morgan fingerprint density at radius 3 is 2.67 bits per heavy atom. The molecule has 1 aromatic rings. The number of nitrogens with zero attached hydrogens (tertiary/aromatic N) is 3.